The lowest BCUT2D eigenvalue weighted by molar-refractivity contribution is 0.364. The summed E-state index contributed by atoms with van der Waals surface area (Å²) in [6, 6.07) is 2.86. The van der Waals surface area contributed by atoms with Crippen LogP contribution in [0.5, 0.6) is 0 Å². The maximum absolute atomic E-state index is 4.80. The van der Waals surface area contributed by atoms with Crippen LogP contribution in [0.1, 0.15) is 50.8 Å². The van der Waals surface area contributed by atoms with Gasteiger partial charge >= 0.3 is 0 Å². The third-order valence-electron chi connectivity index (χ3n) is 4.24. The van der Waals surface area contributed by atoms with E-state index in [1.165, 1.54) is 37.8 Å². The monoisotopic (exact) mass is 376 g/mol. The van der Waals surface area contributed by atoms with Crippen molar-refractivity contribution in [1.82, 2.24) is 9.78 Å². The summed E-state index contributed by atoms with van der Waals surface area (Å²) in [6.07, 6.45) is 9.73. The summed E-state index contributed by atoms with van der Waals surface area (Å²) in [6.45, 7) is 2.26. The fourth-order valence-corrected chi connectivity index (χ4v) is 4.79. The Balaban J connectivity index is 2.05. The second-order valence-corrected chi connectivity index (χ2v) is 6.64. The zero-order valence-electron chi connectivity index (χ0n) is 11.0. The fourth-order valence-electron chi connectivity index (χ4n) is 2.67. The van der Waals surface area contributed by atoms with Crippen LogP contribution >= 0.6 is 31.9 Å². The highest BCUT2D eigenvalue weighted by Gasteiger charge is 2.27. The normalized spacial score (nSPS) is 17.5. The van der Waals surface area contributed by atoms with Gasteiger partial charge in [0.1, 0.15) is 0 Å². The van der Waals surface area contributed by atoms with Crippen LogP contribution in [0, 0.1) is 5.41 Å². The Labute approximate surface area is 127 Å². The molecule has 2 rings (SSSR count). The van der Waals surface area contributed by atoms with E-state index in [2.05, 4.69) is 55.7 Å². The molecule has 1 aliphatic rings. The summed E-state index contributed by atoms with van der Waals surface area (Å²) < 4.78 is 2.20. The van der Waals surface area contributed by atoms with Crippen LogP contribution in [0.2, 0.25) is 0 Å². The molecule has 1 fully saturated rings. The summed E-state index contributed by atoms with van der Waals surface area (Å²) in [7, 11) is 0. The highest BCUT2D eigenvalue weighted by Crippen LogP contribution is 2.32. The van der Waals surface area contributed by atoms with E-state index in [9.17, 15) is 0 Å². The molecule has 1 heterocycles. The van der Waals surface area contributed by atoms with Gasteiger partial charge in [-0.05, 0) is 37.2 Å². The number of rotatable bonds is 6. The highest BCUT2D eigenvalue weighted by atomic mass is 79.9. The Morgan fingerprint density at radius 1 is 1.33 bits per heavy atom. The van der Waals surface area contributed by atoms with Crippen molar-refractivity contribution >= 4 is 31.9 Å². The van der Waals surface area contributed by atoms with E-state index < -0.39 is 0 Å². The van der Waals surface area contributed by atoms with E-state index >= 15 is 0 Å². The van der Waals surface area contributed by atoms with Crippen molar-refractivity contribution in [3.8, 4) is 0 Å². The van der Waals surface area contributed by atoms with Crippen molar-refractivity contribution in [2.45, 2.75) is 51.5 Å². The Hall–Kier alpha value is 0.170. The first-order valence-electron chi connectivity index (χ1n) is 6.89. The number of aromatic nitrogens is 2. The van der Waals surface area contributed by atoms with Gasteiger partial charge in [0.25, 0.3) is 0 Å². The molecule has 4 heteroatoms. The molecule has 0 saturated heterocycles. The van der Waals surface area contributed by atoms with Gasteiger partial charge in [-0.15, -0.1) is 0 Å². The molecule has 102 valence electrons. The van der Waals surface area contributed by atoms with Crippen LogP contribution in [0.4, 0.5) is 0 Å². The molecule has 0 radical (unpaired) electrons. The Bertz CT molecular complexity index is 357. The van der Waals surface area contributed by atoms with Gasteiger partial charge < -0.3 is 0 Å². The van der Waals surface area contributed by atoms with Gasteiger partial charge in [0.05, 0.1) is 11.7 Å². The van der Waals surface area contributed by atoms with Crippen LogP contribution in [0.3, 0.4) is 0 Å². The second-order valence-electron chi connectivity index (χ2n) is 5.52. The minimum Gasteiger partial charge on any atom is -0.269 e. The summed E-state index contributed by atoms with van der Waals surface area (Å²) in [5.41, 5.74) is 1.54. The topological polar surface area (TPSA) is 17.8 Å². The van der Waals surface area contributed by atoms with E-state index in [0.29, 0.717) is 11.5 Å². The molecule has 1 aromatic rings. The standard InChI is InChI=1S/C14H22Br2N2/c1-2-14(10-15,11-16)9-12-7-8-18(17-12)13-5-3-4-6-13/h7-8,13H,2-6,9-11H2,1H3. The lowest BCUT2D eigenvalue weighted by Gasteiger charge is -2.27. The molecule has 1 saturated carbocycles. The maximum atomic E-state index is 4.80. The van der Waals surface area contributed by atoms with Crippen molar-refractivity contribution in [2.24, 2.45) is 5.41 Å². The van der Waals surface area contributed by atoms with Gasteiger partial charge in [0, 0.05) is 16.9 Å². The van der Waals surface area contributed by atoms with Crippen LogP contribution in [0.25, 0.3) is 0 Å². The molecule has 2 nitrogen and oxygen atoms in total. The molecule has 0 amide bonds. The predicted octanol–water partition coefficient (Wildman–Crippen LogP) is 4.73. The van der Waals surface area contributed by atoms with Crippen LogP contribution in [-0.2, 0) is 6.42 Å². The Morgan fingerprint density at radius 2 is 2.00 bits per heavy atom. The molecule has 1 aliphatic carbocycles. The quantitative estimate of drug-likeness (QED) is 0.655. The van der Waals surface area contributed by atoms with Crippen molar-refractivity contribution < 1.29 is 0 Å². The van der Waals surface area contributed by atoms with Gasteiger partial charge in [-0.3, -0.25) is 4.68 Å². The molecule has 0 aromatic carbocycles. The lowest BCUT2D eigenvalue weighted by atomic mass is 9.85. The average Bonchev–Trinajstić information content (AvgIpc) is 3.07. The molecular weight excluding hydrogens is 356 g/mol. The molecule has 1 aromatic heterocycles. The predicted molar refractivity (Wildman–Crippen MR) is 83.7 cm³/mol. The first-order chi connectivity index (χ1) is 8.73. The fraction of sp³-hybridized carbons (Fsp3) is 0.786. The van der Waals surface area contributed by atoms with E-state index in [1.807, 2.05) is 0 Å². The summed E-state index contributed by atoms with van der Waals surface area (Å²) in [5, 5.41) is 6.85. The van der Waals surface area contributed by atoms with Crippen molar-refractivity contribution in [3.05, 3.63) is 18.0 Å². The smallest absolute Gasteiger partial charge is 0.0630 e. The third kappa shape index (κ3) is 3.19. The number of hydrogen-bond acceptors (Lipinski definition) is 1. The number of hydrogen-bond donors (Lipinski definition) is 0. The molecule has 0 bridgehead atoms. The lowest BCUT2D eigenvalue weighted by Crippen LogP contribution is -2.27. The van der Waals surface area contributed by atoms with E-state index in [4.69, 9.17) is 5.10 Å². The molecule has 0 N–H and O–H groups in total. The molecule has 18 heavy (non-hydrogen) atoms. The van der Waals surface area contributed by atoms with Crippen LogP contribution < -0.4 is 0 Å². The highest BCUT2D eigenvalue weighted by molar-refractivity contribution is 9.09. The average molecular weight is 378 g/mol. The number of halogens is 2. The molecule has 0 spiro atoms. The SMILES string of the molecule is CCC(CBr)(CBr)Cc1ccn(C2CCCC2)n1. The third-order valence-corrected chi connectivity index (χ3v) is 6.61. The summed E-state index contributed by atoms with van der Waals surface area (Å²) in [4.78, 5) is 0. The first kappa shape index (κ1) is 14.6. The summed E-state index contributed by atoms with van der Waals surface area (Å²) >= 11 is 7.32. The first-order valence-corrected chi connectivity index (χ1v) is 9.13. The Kier molecular flexibility index (Phi) is 5.31. The zero-order valence-corrected chi connectivity index (χ0v) is 14.2. The largest absolute Gasteiger partial charge is 0.269 e. The van der Waals surface area contributed by atoms with Gasteiger partial charge in [-0.25, -0.2) is 0 Å². The summed E-state index contributed by atoms with van der Waals surface area (Å²) in [5.74, 6) is 0. The molecule has 0 unspecified atom stereocenters. The van der Waals surface area contributed by atoms with Gasteiger partial charge in [-0.1, -0.05) is 51.6 Å². The zero-order chi connectivity index (χ0) is 13.0. The molecule has 0 aliphatic heterocycles. The second kappa shape index (κ2) is 6.56. The van der Waals surface area contributed by atoms with Crippen LogP contribution in [0.15, 0.2) is 12.3 Å². The molecular formula is C14H22Br2N2. The van der Waals surface area contributed by atoms with Crippen molar-refractivity contribution in [2.75, 3.05) is 10.7 Å². The van der Waals surface area contributed by atoms with Gasteiger partial charge in [-0.2, -0.15) is 5.10 Å². The number of alkyl halides is 2. The van der Waals surface area contributed by atoms with Crippen LogP contribution in [-0.4, -0.2) is 20.4 Å². The van der Waals surface area contributed by atoms with E-state index in [-0.39, 0.29) is 0 Å². The molecule has 0 atom stereocenters. The van der Waals surface area contributed by atoms with Crippen molar-refractivity contribution in [3.63, 3.8) is 0 Å². The van der Waals surface area contributed by atoms with E-state index in [0.717, 1.165) is 17.1 Å². The minimum absolute atomic E-state index is 0.300. The maximum Gasteiger partial charge on any atom is 0.0630 e. The van der Waals surface area contributed by atoms with E-state index in [1.54, 1.807) is 0 Å². The van der Waals surface area contributed by atoms with Crippen molar-refractivity contribution in [1.29, 1.82) is 0 Å². The van der Waals surface area contributed by atoms with Gasteiger partial charge in [0.2, 0.25) is 0 Å². The van der Waals surface area contributed by atoms with Gasteiger partial charge in [0.15, 0.2) is 0 Å². The minimum atomic E-state index is 0.300. The number of nitrogens with zero attached hydrogens (tertiary/aromatic N) is 2. The Morgan fingerprint density at radius 3 is 2.56 bits per heavy atom.